The highest BCUT2D eigenvalue weighted by Crippen LogP contribution is 2.24. The molecule has 0 aliphatic rings. The minimum absolute atomic E-state index is 0.0704. The predicted molar refractivity (Wildman–Crippen MR) is 107 cm³/mol. The fourth-order valence-corrected chi connectivity index (χ4v) is 2.87. The highest BCUT2D eigenvalue weighted by Gasteiger charge is 2.12. The maximum atomic E-state index is 13.4. The standard InChI is InChI=1S/C23H15F2N3O/c24-20-8-6-17(14-21(20)25)22(29)9-7-18-15-28(19-4-2-1-3-5-19)27-23(18)16-10-12-26-13-11-16/h1-15H/b9-7+. The van der Waals surface area contributed by atoms with Gasteiger partial charge in [-0.1, -0.05) is 18.2 Å². The number of pyridine rings is 1. The number of rotatable bonds is 5. The molecular formula is C23H15F2N3O. The fraction of sp³-hybridized carbons (Fsp3) is 0. The van der Waals surface area contributed by atoms with Gasteiger partial charge in [0.25, 0.3) is 0 Å². The number of para-hydroxylation sites is 1. The van der Waals surface area contributed by atoms with Crippen LogP contribution in [0.3, 0.4) is 0 Å². The minimum atomic E-state index is -1.06. The lowest BCUT2D eigenvalue weighted by atomic mass is 10.1. The molecule has 2 aromatic heterocycles. The lowest BCUT2D eigenvalue weighted by Gasteiger charge is -2.00. The van der Waals surface area contributed by atoms with Crippen molar-refractivity contribution in [2.75, 3.05) is 0 Å². The maximum absolute atomic E-state index is 13.4. The molecule has 0 saturated heterocycles. The molecule has 0 aliphatic heterocycles. The summed E-state index contributed by atoms with van der Waals surface area (Å²) in [5.74, 6) is -2.48. The Labute approximate surface area is 165 Å². The van der Waals surface area contributed by atoms with Crippen LogP contribution >= 0.6 is 0 Å². The molecule has 0 fully saturated rings. The molecule has 0 aliphatic carbocycles. The van der Waals surface area contributed by atoms with E-state index in [0.717, 1.165) is 23.4 Å². The molecule has 2 aromatic carbocycles. The van der Waals surface area contributed by atoms with Crippen molar-refractivity contribution >= 4 is 11.9 Å². The highest BCUT2D eigenvalue weighted by molar-refractivity contribution is 6.07. The number of nitrogens with zero attached hydrogens (tertiary/aromatic N) is 3. The topological polar surface area (TPSA) is 47.8 Å². The first-order chi connectivity index (χ1) is 14.1. The van der Waals surface area contributed by atoms with Crippen LogP contribution in [0, 0.1) is 11.6 Å². The number of benzene rings is 2. The predicted octanol–water partition coefficient (Wildman–Crippen LogP) is 5.11. The van der Waals surface area contributed by atoms with E-state index in [-0.39, 0.29) is 5.56 Å². The smallest absolute Gasteiger partial charge is 0.185 e. The molecule has 0 radical (unpaired) electrons. The zero-order valence-electron chi connectivity index (χ0n) is 15.2. The van der Waals surface area contributed by atoms with Crippen LogP contribution in [-0.2, 0) is 0 Å². The van der Waals surface area contributed by atoms with E-state index >= 15 is 0 Å². The second-order valence-electron chi connectivity index (χ2n) is 6.28. The van der Waals surface area contributed by atoms with Gasteiger partial charge in [-0.2, -0.15) is 5.10 Å². The SMILES string of the molecule is O=C(/C=C/c1cn(-c2ccccc2)nc1-c1ccncc1)c1ccc(F)c(F)c1. The summed E-state index contributed by atoms with van der Waals surface area (Å²) in [6.45, 7) is 0. The summed E-state index contributed by atoms with van der Waals surface area (Å²) >= 11 is 0. The summed E-state index contributed by atoms with van der Waals surface area (Å²) in [6.07, 6.45) is 8.07. The summed E-state index contributed by atoms with van der Waals surface area (Å²) in [6, 6.07) is 16.3. The molecule has 4 aromatic rings. The Bertz CT molecular complexity index is 1190. The number of carbonyl (C=O) groups excluding carboxylic acids is 1. The molecule has 0 spiro atoms. The molecule has 0 bridgehead atoms. The Kier molecular flexibility index (Phi) is 5.07. The van der Waals surface area contributed by atoms with Crippen molar-refractivity contribution in [3.05, 3.63) is 108 Å². The van der Waals surface area contributed by atoms with Crippen LogP contribution in [0.4, 0.5) is 8.78 Å². The summed E-state index contributed by atoms with van der Waals surface area (Å²) in [5, 5.41) is 4.64. The van der Waals surface area contributed by atoms with Crippen LogP contribution in [0.25, 0.3) is 23.0 Å². The second kappa shape index (κ2) is 7.98. The second-order valence-corrected chi connectivity index (χ2v) is 6.28. The number of allylic oxidation sites excluding steroid dienone is 1. The molecule has 0 atom stereocenters. The van der Waals surface area contributed by atoms with Crippen LogP contribution in [0.2, 0.25) is 0 Å². The fourth-order valence-electron chi connectivity index (χ4n) is 2.87. The number of hydrogen-bond acceptors (Lipinski definition) is 3. The van der Waals surface area contributed by atoms with E-state index in [9.17, 15) is 13.6 Å². The van der Waals surface area contributed by atoms with Crippen molar-refractivity contribution in [2.45, 2.75) is 0 Å². The van der Waals surface area contributed by atoms with Crippen molar-refractivity contribution in [3.63, 3.8) is 0 Å². The van der Waals surface area contributed by atoms with E-state index in [1.807, 2.05) is 42.5 Å². The van der Waals surface area contributed by atoms with E-state index in [1.54, 1.807) is 29.3 Å². The first kappa shape index (κ1) is 18.4. The molecule has 2 heterocycles. The average Bonchev–Trinajstić information content (AvgIpc) is 3.19. The van der Waals surface area contributed by atoms with Gasteiger partial charge in [-0.25, -0.2) is 13.5 Å². The number of hydrogen-bond donors (Lipinski definition) is 0. The van der Waals surface area contributed by atoms with Crippen LogP contribution in [0.15, 0.2) is 85.3 Å². The maximum Gasteiger partial charge on any atom is 0.185 e. The molecule has 4 nitrogen and oxygen atoms in total. The van der Waals surface area contributed by atoms with E-state index < -0.39 is 17.4 Å². The number of halogens is 2. The Morgan fingerprint density at radius 2 is 1.69 bits per heavy atom. The summed E-state index contributed by atoms with van der Waals surface area (Å²) in [5.41, 5.74) is 3.16. The van der Waals surface area contributed by atoms with Crippen LogP contribution in [0.1, 0.15) is 15.9 Å². The van der Waals surface area contributed by atoms with Crippen molar-refractivity contribution < 1.29 is 13.6 Å². The molecule has 29 heavy (non-hydrogen) atoms. The molecule has 0 unspecified atom stereocenters. The van der Waals surface area contributed by atoms with Gasteiger partial charge < -0.3 is 0 Å². The van der Waals surface area contributed by atoms with Crippen LogP contribution < -0.4 is 0 Å². The third kappa shape index (κ3) is 4.01. The molecule has 6 heteroatoms. The third-order valence-electron chi connectivity index (χ3n) is 4.34. The number of aromatic nitrogens is 3. The summed E-state index contributed by atoms with van der Waals surface area (Å²) in [7, 11) is 0. The highest BCUT2D eigenvalue weighted by atomic mass is 19.2. The van der Waals surface area contributed by atoms with Crippen LogP contribution in [-0.4, -0.2) is 20.5 Å². The number of ketones is 1. The molecular weight excluding hydrogens is 372 g/mol. The van der Waals surface area contributed by atoms with E-state index in [0.29, 0.717) is 11.3 Å². The van der Waals surface area contributed by atoms with E-state index in [2.05, 4.69) is 10.1 Å². The Hall–Kier alpha value is -3.93. The Morgan fingerprint density at radius 1 is 0.931 bits per heavy atom. The molecule has 0 saturated carbocycles. The third-order valence-corrected chi connectivity index (χ3v) is 4.34. The lowest BCUT2D eigenvalue weighted by molar-refractivity contribution is 0.104. The van der Waals surface area contributed by atoms with E-state index in [1.165, 1.54) is 12.1 Å². The van der Waals surface area contributed by atoms with Gasteiger partial charge in [0.15, 0.2) is 17.4 Å². The first-order valence-electron chi connectivity index (χ1n) is 8.85. The quantitative estimate of drug-likeness (QED) is 0.353. The molecule has 142 valence electrons. The van der Waals surface area contributed by atoms with Gasteiger partial charge in [0.1, 0.15) is 5.69 Å². The Morgan fingerprint density at radius 3 is 2.41 bits per heavy atom. The average molecular weight is 387 g/mol. The van der Waals surface area contributed by atoms with Gasteiger partial charge in [-0.15, -0.1) is 0 Å². The van der Waals surface area contributed by atoms with Crippen molar-refractivity contribution in [3.8, 4) is 16.9 Å². The zero-order valence-corrected chi connectivity index (χ0v) is 15.2. The first-order valence-corrected chi connectivity index (χ1v) is 8.85. The molecule has 0 amide bonds. The van der Waals surface area contributed by atoms with Gasteiger partial charge >= 0.3 is 0 Å². The Balaban J connectivity index is 1.72. The van der Waals surface area contributed by atoms with Gasteiger partial charge in [0.2, 0.25) is 0 Å². The van der Waals surface area contributed by atoms with Gasteiger partial charge in [-0.05, 0) is 54.6 Å². The minimum Gasteiger partial charge on any atom is -0.289 e. The lowest BCUT2D eigenvalue weighted by Crippen LogP contribution is -1.96. The normalized spacial score (nSPS) is 11.1. The van der Waals surface area contributed by atoms with Crippen molar-refractivity contribution in [1.29, 1.82) is 0 Å². The van der Waals surface area contributed by atoms with Crippen LogP contribution in [0.5, 0.6) is 0 Å². The zero-order chi connectivity index (χ0) is 20.2. The van der Waals surface area contributed by atoms with Crippen molar-refractivity contribution in [2.24, 2.45) is 0 Å². The van der Waals surface area contributed by atoms with E-state index in [4.69, 9.17) is 0 Å². The molecule has 4 rings (SSSR count). The van der Waals surface area contributed by atoms with Gasteiger partial charge in [-0.3, -0.25) is 9.78 Å². The van der Waals surface area contributed by atoms with Crippen molar-refractivity contribution in [1.82, 2.24) is 14.8 Å². The largest absolute Gasteiger partial charge is 0.289 e. The summed E-state index contributed by atoms with van der Waals surface area (Å²) < 4.78 is 28.2. The number of carbonyl (C=O) groups is 1. The summed E-state index contributed by atoms with van der Waals surface area (Å²) in [4.78, 5) is 16.4. The van der Waals surface area contributed by atoms with Gasteiger partial charge in [0, 0.05) is 35.3 Å². The van der Waals surface area contributed by atoms with Gasteiger partial charge in [0.05, 0.1) is 5.69 Å². The molecule has 0 N–H and O–H groups in total. The monoisotopic (exact) mass is 387 g/mol.